The second kappa shape index (κ2) is 7.39. The quantitative estimate of drug-likeness (QED) is 0.914. The molecule has 0 aromatic heterocycles. The topological polar surface area (TPSA) is 47.6 Å². The van der Waals surface area contributed by atoms with Crippen LogP contribution in [0, 0.1) is 6.92 Å². The van der Waals surface area contributed by atoms with Crippen LogP contribution in [0.5, 0.6) is 11.5 Å². The third-order valence-corrected chi connectivity index (χ3v) is 4.20. The van der Waals surface area contributed by atoms with Gasteiger partial charge in [0.25, 0.3) is 0 Å². The van der Waals surface area contributed by atoms with E-state index in [1.165, 1.54) is 5.56 Å². The van der Waals surface area contributed by atoms with Crippen LogP contribution in [0.15, 0.2) is 42.5 Å². The molecule has 1 N–H and O–H groups in total. The summed E-state index contributed by atoms with van der Waals surface area (Å²) >= 11 is 0. The van der Waals surface area contributed by atoms with Crippen LogP contribution >= 0.6 is 0 Å². The standard InChI is InChI=1S/C20H23NO3/c1-14-3-7-17(8-4-14)15(2)21-20(22)10-6-16-5-9-18-19(13-16)24-12-11-23-18/h3-5,7-9,13,15H,6,10-12H2,1-2H3,(H,21,22). The molecule has 2 aromatic rings. The van der Waals surface area contributed by atoms with Crippen molar-refractivity contribution in [2.75, 3.05) is 13.2 Å². The Bertz CT molecular complexity index is 709. The smallest absolute Gasteiger partial charge is 0.220 e. The Hall–Kier alpha value is -2.49. The van der Waals surface area contributed by atoms with Gasteiger partial charge in [-0.3, -0.25) is 4.79 Å². The van der Waals surface area contributed by atoms with Crippen molar-refractivity contribution in [3.63, 3.8) is 0 Å². The fourth-order valence-corrected chi connectivity index (χ4v) is 2.75. The molecule has 1 amide bonds. The van der Waals surface area contributed by atoms with E-state index in [9.17, 15) is 4.79 Å². The third kappa shape index (κ3) is 4.07. The predicted octanol–water partition coefficient (Wildman–Crippen LogP) is 3.58. The lowest BCUT2D eigenvalue weighted by Crippen LogP contribution is -2.26. The lowest BCUT2D eigenvalue weighted by molar-refractivity contribution is -0.121. The molecule has 24 heavy (non-hydrogen) atoms. The number of hydrogen-bond donors (Lipinski definition) is 1. The van der Waals surface area contributed by atoms with Gasteiger partial charge in [-0.25, -0.2) is 0 Å². The van der Waals surface area contributed by atoms with Gasteiger partial charge >= 0.3 is 0 Å². The molecule has 126 valence electrons. The zero-order chi connectivity index (χ0) is 16.9. The van der Waals surface area contributed by atoms with Crippen LogP contribution in [-0.4, -0.2) is 19.1 Å². The van der Waals surface area contributed by atoms with Crippen LogP contribution in [0.25, 0.3) is 0 Å². The molecule has 2 aromatic carbocycles. The number of nitrogens with one attached hydrogen (secondary N) is 1. The Morgan fingerprint density at radius 2 is 1.79 bits per heavy atom. The summed E-state index contributed by atoms with van der Waals surface area (Å²) in [5, 5.41) is 3.05. The number of amides is 1. The molecule has 3 rings (SSSR count). The maximum atomic E-state index is 12.2. The Morgan fingerprint density at radius 1 is 1.08 bits per heavy atom. The SMILES string of the molecule is Cc1ccc(C(C)NC(=O)CCc2ccc3c(c2)OCCO3)cc1. The van der Waals surface area contributed by atoms with Gasteiger partial charge in [0.2, 0.25) is 5.91 Å². The molecule has 1 unspecified atom stereocenters. The summed E-state index contributed by atoms with van der Waals surface area (Å²) in [4.78, 5) is 12.2. The van der Waals surface area contributed by atoms with Gasteiger partial charge in [0.15, 0.2) is 11.5 Å². The number of rotatable bonds is 5. The van der Waals surface area contributed by atoms with Crippen LogP contribution in [-0.2, 0) is 11.2 Å². The van der Waals surface area contributed by atoms with Gasteiger partial charge in [-0.05, 0) is 43.5 Å². The van der Waals surface area contributed by atoms with E-state index in [0.29, 0.717) is 26.1 Å². The van der Waals surface area contributed by atoms with Gasteiger partial charge in [0, 0.05) is 6.42 Å². The lowest BCUT2D eigenvalue weighted by Gasteiger charge is -2.19. The van der Waals surface area contributed by atoms with Gasteiger partial charge in [-0.15, -0.1) is 0 Å². The van der Waals surface area contributed by atoms with Gasteiger partial charge in [0.05, 0.1) is 6.04 Å². The van der Waals surface area contributed by atoms with E-state index in [4.69, 9.17) is 9.47 Å². The molecule has 0 fully saturated rings. The summed E-state index contributed by atoms with van der Waals surface area (Å²) in [5.74, 6) is 1.60. The molecule has 4 heteroatoms. The second-order valence-electron chi connectivity index (χ2n) is 6.18. The summed E-state index contributed by atoms with van der Waals surface area (Å²) in [6.07, 6.45) is 1.14. The first kappa shape index (κ1) is 16.4. The number of carbonyl (C=O) groups is 1. The van der Waals surface area contributed by atoms with Crippen molar-refractivity contribution in [1.82, 2.24) is 5.32 Å². The zero-order valence-electron chi connectivity index (χ0n) is 14.2. The minimum atomic E-state index is 0.0124. The number of aryl methyl sites for hydroxylation is 2. The Balaban J connectivity index is 1.52. The number of hydrogen-bond acceptors (Lipinski definition) is 3. The maximum absolute atomic E-state index is 12.2. The molecular formula is C20H23NO3. The Labute approximate surface area is 142 Å². The summed E-state index contributed by atoms with van der Waals surface area (Å²) in [5.41, 5.74) is 3.42. The summed E-state index contributed by atoms with van der Waals surface area (Å²) < 4.78 is 11.1. The van der Waals surface area contributed by atoms with Crippen LogP contribution in [0.3, 0.4) is 0 Å². The van der Waals surface area contributed by atoms with Crippen molar-refractivity contribution in [3.05, 3.63) is 59.2 Å². The number of fused-ring (bicyclic) bond motifs is 1. The first-order valence-electron chi connectivity index (χ1n) is 8.36. The molecule has 1 aliphatic rings. The Kier molecular flexibility index (Phi) is 5.04. The molecule has 0 aliphatic carbocycles. The molecule has 0 spiro atoms. The van der Waals surface area contributed by atoms with E-state index in [0.717, 1.165) is 22.6 Å². The van der Waals surface area contributed by atoms with Crippen LogP contribution < -0.4 is 14.8 Å². The maximum Gasteiger partial charge on any atom is 0.220 e. The summed E-state index contributed by atoms with van der Waals surface area (Å²) in [6, 6.07) is 14.1. The van der Waals surface area contributed by atoms with Gasteiger partial charge in [0.1, 0.15) is 13.2 Å². The molecule has 1 aliphatic heterocycles. The van der Waals surface area contributed by atoms with Crippen molar-refractivity contribution in [1.29, 1.82) is 0 Å². The second-order valence-corrected chi connectivity index (χ2v) is 6.18. The predicted molar refractivity (Wildman–Crippen MR) is 93.5 cm³/mol. The van der Waals surface area contributed by atoms with Crippen molar-refractivity contribution < 1.29 is 14.3 Å². The van der Waals surface area contributed by atoms with E-state index < -0.39 is 0 Å². The highest BCUT2D eigenvalue weighted by Gasteiger charge is 2.13. The van der Waals surface area contributed by atoms with Crippen molar-refractivity contribution >= 4 is 5.91 Å². The Morgan fingerprint density at radius 3 is 2.54 bits per heavy atom. The lowest BCUT2D eigenvalue weighted by atomic mass is 10.1. The van der Waals surface area contributed by atoms with Crippen molar-refractivity contribution in [3.8, 4) is 11.5 Å². The third-order valence-electron chi connectivity index (χ3n) is 4.20. The summed E-state index contributed by atoms with van der Waals surface area (Å²) in [6.45, 7) is 5.23. The highest BCUT2D eigenvalue weighted by atomic mass is 16.6. The molecule has 0 saturated heterocycles. The normalized spacial score (nSPS) is 14.1. The molecule has 1 atom stereocenters. The number of benzene rings is 2. The molecule has 1 heterocycles. The fraction of sp³-hybridized carbons (Fsp3) is 0.350. The first-order valence-corrected chi connectivity index (χ1v) is 8.36. The van der Waals surface area contributed by atoms with Gasteiger partial charge < -0.3 is 14.8 Å². The van der Waals surface area contributed by atoms with Crippen molar-refractivity contribution in [2.45, 2.75) is 32.7 Å². The van der Waals surface area contributed by atoms with Crippen LogP contribution in [0.2, 0.25) is 0 Å². The average molecular weight is 325 g/mol. The highest BCUT2D eigenvalue weighted by Crippen LogP contribution is 2.31. The van der Waals surface area contributed by atoms with Gasteiger partial charge in [-0.2, -0.15) is 0 Å². The minimum absolute atomic E-state index is 0.0124. The fourth-order valence-electron chi connectivity index (χ4n) is 2.75. The number of carbonyl (C=O) groups excluding carboxylic acids is 1. The molecule has 4 nitrogen and oxygen atoms in total. The van der Waals surface area contributed by atoms with Gasteiger partial charge in [-0.1, -0.05) is 35.9 Å². The number of ether oxygens (including phenoxy) is 2. The highest BCUT2D eigenvalue weighted by molar-refractivity contribution is 5.76. The monoisotopic (exact) mass is 325 g/mol. The largest absolute Gasteiger partial charge is 0.486 e. The average Bonchev–Trinajstić information content (AvgIpc) is 2.60. The van der Waals surface area contributed by atoms with E-state index in [-0.39, 0.29) is 11.9 Å². The molecule has 0 saturated carbocycles. The van der Waals surface area contributed by atoms with E-state index >= 15 is 0 Å². The minimum Gasteiger partial charge on any atom is -0.486 e. The summed E-state index contributed by atoms with van der Waals surface area (Å²) in [7, 11) is 0. The molecular weight excluding hydrogens is 302 g/mol. The van der Waals surface area contributed by atoms with E-state index in [2.05, 4.69) is 36.5 Å². The van der Waals surface area contributed by atoms with Crippen molar-refractivity contribution in [2.24, 2.45) is 0 Å². The van der Waals surface area contributed by atoms with E-state index in [1.54, 1.807) is 0 Å². The zero-order valence-corrected chi connectivity index (χ0v) is 14.2. The van der Waals surface area contributed by atoms with Crippen LogP contribution in [0.4, 0.5) is 0 Å². The molecule has 0 bridgehead atoms. The van der Waals surface area contributed by atoms with Crippen LogP contribution in [0.1, 0.15) is 36.1 Å². The molecule has 0 radical (unpaired) electrons. The van der Waals surface area contributed by atoms with E-state index in [1.807, 2.05) is 25.1 Å². The first-order chi connectivity index (χ1) is 11.6.